The standard InChI is InChI=1S/C13H13NO4/c1-8(15)13(2)12(16)14-11(18-13)9-4-6-10(17-3)7-5-9/h4-7H,1-3H3. The zero-order valence-electron chi connectivity index (χ0n) is 10.4. The molecule has 0 saturated heterocycles. The zero-order valence-corrected chi connectivity index (χ0v) is 10.4. The van der Waals surface area contributed by atoms with Gasteiger partial charge in [-0.25, -0.2) is 0 Å². The van der Waals surface area contributed by atoms with E-state index >= 15 is 0 Å². The minimum absolute atomic E-state index is 0.167. The maximum absolute atomic E-state index is 11.7. The van der Waals surface area contributed by atoms with Crippen LogP contribution in [0.1, 0.15) is 19.4 Å². The highest BCUT2D eigenvalue weighted by molar-refractivity contribution is 6.18. The number of carbonyl (C=O) groups excluding carboxylic acids is 2. The molecule has 0 saturated carbocycles. The predicted octanol–water partition coefficient (Wildman–Crippen LogP) is 1.35. The number of nitrogens with zero attached hydrogens (tertiary/aromatic N) is 1. The van der Waals surface area contributed by atoms with Crippen LogP contribution in [0.5, 0.6) is 5.75 Å². The lowest BCUT2D eigenvalue weighted by atomic mass is 10.0. The van der Waals surface area contributed by atoms with Crippen molar-refractivity contribution in [2.75, 3.05) is 7.11 Å². The van der Waals surface area contributed by atoms with E-state index in [1.165, 1.54) is 13.8 Å². The summed E-state index contributed by atoms with van der Waals surface area (Å²) in [5, 5.41) is 0. The predicted molar refractivity (Wildman–Crippen MR) is 64.7 cm³/mol. The van der Waals surface area contributed by atoms with Gasteiger partial charge in [-0.2, -0.15) is 4.99 Å². The smallest absolute Gasteiger partial charge is 0.300 e. The van der Waals surface area contributed by atoms with Crippen molar-refractivity contribution in [1.82, 2.24) is 0 Å². The van der Waals surface area contributed by atoms with E-state index in [4.69, 9.17) is 9.47 Å². The lowest BCUT2D eigenvalue weighted by Gasteiger charge is -2.17. The number of ether oxygens (including phenoxy) is 2. The molecule has 0 radical (unpaired) electrons. The Bertz CT molecular complexity index is 532. The summed E-state index contributed by atoms with van der Waals surface area (Å²) in [4.78, 5) is 26.9. The second kappa shape index (κ2) is 4.25. The SMILES string of the molecule is COc1ccc(C2=NC(=O)C(C)(C(C)=O)O2)cc1. The minimum Gasteiger partial charge on any atom is -0.497 e. The van der Waals surface area contributed by atoms with E-state index < -0.39 is 11.5 Å². The molecule has 0 fully saturated rings. The number of ketones is 1. The Hall–Kier alpha value is -2.17. The van der Waals surface area contributed by atoms with Crippen LogP contribution in [0.4, 0.5) is 0 Å². The first-order valence-electron chi connectivity index (χ1n) is 5.45. The molecule has 0 bridgehead atoms. The average Bonchev–Trinajstić information content (AvgIpc) is 2.67. The number of hydrogen-bond acceptors (Lipinski definition) is 4. The average molecular weight is 247 g/mol. The summed E-state index contributed by atoms with van der Waals surface area (Å²) in [7, 11) is 1.56. The van der Waals surface area contributed by atoms with Crippen LogP contribution in [0, 0.1) is 0 Å². The first kappa shape index (κ1) is 12.3. The zero-order chi connectivity index (χ0) is 13.3. The number of rotatable bonds is 3. The maximum Gasteiger partial charge on any atom is 0.300 e. The van der Waals surface area contributed by atoms with Gasteiger partial charge in [0.05, 0.1) is 7.11 Å². The van der Waals surface area contributed by atoms with Gasteiger partial charge in [-0.05, 0) is 38.1 Å². The Morgan fingerprint density at radius 3 is 2.39 bits per heavy atom. The fraction of sp³-hybridized carbons (Fsp3) is 0.308. The molecular weight excluding hydrogens is 234 g/mol. The highest BCUT2D eigenvalue weighted by Gasteiger charge is 2.46. The van der Waals surface area contributed by atoms with Crippen LogP contribution in [0.25, 0.3) is 0 Å². The van der Waals surface area contributed by atoms with E-state index in [1.807, 2.05) is 0 Å². The van der Waals surface area contributed by atoms with Crippen LogP contribution in [0.3, 0.4) is 0 Å². The number of benzene rings is 1. The normalized spacial score (nSPS) is 22.4. The van der Waals surface area contributed by atoms with Crippen molar-refractivity contribution >= 4 is 17.6 Å². The van der Waals surface area contributed by atoms with Crippen molar-refractivity contribution < 1.29 is 19.1 Å². The third-order valence-corrected chi connectivity index (χ3v) is 2.92. The van der Waals surface area contributed by atoms with E-state index in [9.17, 15) is 9.59 Å². The van der Waals surface area contributed by atoms with Crippen LogP contribution in [0.2, 0.25) is 0 Å². The molecule has 1 aromatic rings. The van der Waals surface area contributed by atoms with Crippen LogP contribution in [-0.4, -0.2) is 30.3 Å². The highest BCUT2D eigenvalue weighted by atomic mass is 16.5. The van der Waals surface area contributed by atoms with Crippen LogP contribution in [-0.2, 0) is 14.3 Å². The van der Waals surface area contributed by atoms with Crippen LogP contribution < -0.4 is 4.74 Å². The second-order valence-corrected chi connectivity index (χ2v) is 4.14. The molecule has 0 aliphatic carbocycles. The van der Waals surface area contributed by atoms with Crippen molar-refractivity contribution in [2.24, 2.45) is 4.99 Å². The number of amides is 1. The van der Waals surface area contributed by atoms with Crippen LogP contribution >= 0.6 is 0 Å². The summed E-state index contributed by atoms with van der Waals surface area (Å²) in [6.07, 6.45) is 0. The molecule has 18 heavy (non-hydrogen) atoms. The topological polar surface area (TPSA) is 65.0 Å². The second-order valence-electron chi connectivity index (χ2n) is 4.14. The molecule has 2 rings (SSSR count). The summed E-state index contributed by atoms with van der Waals surface area (Å²) < 4.78 is 10.4. The highest BCUT2D eigenvalue weighted by Crippen LogP contribution is 2.25. The quantitative estimate of drug-likeness (QED) is 0.756. The van der Waals surface area contributed by atoms with E-state index in [-0.39, 0.29) is 11.7 Å². The molecule has 1 unspecified atom stereocenters. The van der Waals surface area contributed by atoms with Gasteiger partial charge in [0.2, 0.25) is 11.5 Å². The maximum atomic E-state index is 11.7. The Morgan fingerprint density at radius 2 is 1.94 bits per heavy atom. The van der Waals surface area contributed by atoms with Gasteiger partial charge >= 0.3 is 5.91 Å². The molecule has 1 heterocycles. The summed E-state index contributed by atoms with van der Waals surface area (Å²) in [5.74, 6) is -0.0704. The van der Waals surface area contributed by atoms with Gasteiger partial charge in [0.1, 0.15) is 5.75 Å². The molecule has 1 aliphatic heterocycles. The van der Waals surface area contributed by atoms with E-state index in [2.05, 4.69) is 4.99 Å². The summed E-state index contributed by atoms with van der Waals surface area (Å²) in [6.45, 7) is 2.74. The van der Waals surface area contributed by atoms with E-state index in [0.717, 1.165) is 0 Å². The van der Waals surface area contributed by atoms with Gasteiger partial charge < -0.3 is 9.47 Å². The molecule has 1 aromatic carbocycles. The molecule has 1 aliphatic rings. The molecule has 5 heteroatoms. The fourth-order valence-corrected chi connectivity index (χ4v) is 1.54. The summed E-state index contributed by atoms with van der Waals surface area (Å²) in [5.41, 5.74) is -0.857. The van der Waals surface area contributed by atoms with E-state index in [0.29, 0.717) is 11.3 Å². The van der Waals surface area contributed by atoms with E-state index in [1.54, 1.807) is 31.4 Å². The third-order valence-electron chi connectivity index (χ3n) is 2.92. The number of aliphatic imine (C=N–C) groups is 1. The Labute approximate surface area is 104 Å². The summed E-state index contributed by atoms with van der Waals surface area (Å²) >= 11 is 0. The van der Waals surface area contributed by atoms with Crippen molar-refractivity contribution in [3.8, 4) is 5.75 Å². The van der Waals surface area contributed by atoms with Crippen LogP contribution in [0.15, 0.2) is 29.3 Å². The van der Waals surface area contributed by atoms with Crippen molar-refractivity contribution in [3.63, 3.8) is 0 Å². The molecule has 0 aromatic heterocycles. The number of Topliss-reactive ketones (excluding diaryl/α,β-unsaturated/α-hetero) is 1. The van der Waals surface area contributed by atoms with Crippen molar-refractivity contribution in [3.05, 3.63) is 29.8 Å². The van der Waals surface area contributed by atoms with Gasteiger partial charge in [0, 0.05) is 5.56 Å². The van der Waals surface area contributed by atoms with Gasteiger partial charge in [0.25, 0.3) is 0 Å². The molecule has 1 atom stereocenters. The van der Waals surface area contributed by atoms with Gasteiger partial charge in [0.15, 0.2) is 5.78 Å². The molecule has 94 valence electrons. The first-order valence-corrected chi connectivity index (χ1v) is 5.45. The van der Waals surface area contributed by atoms with Crippen molar-refractivity contribution in [1.29, 1.82) is 0 Å². The number of carbonyl (C=O) groups is 2. The monoisotopic (exact) mass is 247 g/mol. The van der Waals surface area contributed by atoms with Gasteiger partial charge in [-0.15, -0.1) is 0 Å². The fourth-order valence-electron chi connectivity index (χ4n) is 1.54. The molecule has 5 nitrogen and oxygen atoms in total. The Kier molecular flexibility index (Phi) is 2.90. The first-order chi connectivity index (χ1) is 8.47. The molecule has 0 N–H and O–H groups in total. The van der Waals surface area contributed by atoms with Gasteiger partial charge in [-0.1, -0.05) is 0 Å². The Morgan fingerprint density at radius 1 is 1.33 bits per heavy atom. The molecule has 0 spiro atoms. The minimum atomic E-state index is -1.49. The lowest BCUT2D eigenvalue weighted by Crippen LogP contribution is -2.41. The largest absolute Gasteiger partial charge is 0.497 e. The Balaban J connectivity index is 2.29. The lowest BCUT2D eigenvalue weighted by molar-refractivity contribution is -0.142. The third kappa shape index (κ3) is 1.88. The number of hydrogen-bond donors (Lipinski definition) is 0. The molecule has 1 amide bonds. The number of methoxy groups -OCH3 is 1. The molecular formula is C13H13NO4. The van der Waals surface area contributed by atoms with Gasteiger partial charge in [-0.3, -0.25) is 9.59 Å². The summed E-state index contributed by atoms with van der Waals surface area (Å²) in [6, 6.07) is 6.90. The van der Waals surface area contributed by atoms with Crippen molar-refractivity contribution in [2.45, 2.75) is 19.4 Å².